The van der Waals surface area contributed by atoms with E-state index in [0.29, 0.717) is 30.6 Å². The van der Waals surface area contributed by atoms with Gasteiger partial charge in [0.1, 0.15) is 0 Å². The summed E-state index contributed by atoms with van der Waals surface area (Å²) < 4.78 is 26.4. The van der Waals surface area contributed by atoms with Crippen LogP contribution in [0.2, 0.25) is 0 Å². The Morgan fingerprint density at radius 1 is 0.821 bits per heavy atom. The van der Waals surface area contributed by atoms with Crippen molar-refractivity contribution in [1.82, 2.24) is 0 Å². The zero-order valence-electron chi connectivity index (χ0n) is 18.1. The molecule has 0 saturated heterocycles. The molecule has 2 saturated carbocycles. The van der Waals surface area contributed by atoms with E-state index in [2.05, 4.69) is 6.92 Å². The fourth-order valence-electron chi connectivity index (χ4n) is 5.68. The lowest BCUT2D eigenvalue weighted by molar-refractivity contribution is 0.155. The van der Waals surface area contributed by atoms with Gasteiger partial charge in [0.05, 0.1) is 13.2 Å². The molecule has 2 fully saturated rings. The van der Waals surface area contributed by atoms with Gasteiger partial charge in [0.25, 0.3) is 0 Å². The Labute approximate surface area is 171 Å². The summed E-state index contributed by atoms with van der Waals surface area (Å²) in [7, 11) is 0. The molecule has 0 radical (unpaired) electrons. The van der Waals surface area contributed by atoms with Crippen molar-refractivity contribution in [2.45, 2.75) is 90.9 Å². The van der Waals surface area contributed by atoms with E-state index in [-0.39, 0.29) is 5.82 Å². The van der Waals surface area contributed by atoms with Crippen molar-refractivity contribution in [3.05, 3.63) is 23.5 Å². The third-order valence-electron chi connectivity index (χ3n) is 7.15. The maximum Gasteiger partial charge on any atom is 0.197 e. The minimum absolute atomic E-state index is 0.198. The molecule has 0 unspecified atom stereocenters. The van der Waals surface area contributed by atoms with Gasteiger partial charge in [0, 0.05) is 0 Å². The fourth-order valence-corrected chi connectivity index (χ4v) is 5.68. The van der Waals surface area contributed by atoms with Crippen LogP contribution in [0.3, 0.4) is 0 Å². The fraction of sp³-hybridized carbons (Fsp3) is 0.760. The molecule has 3 rings (SSSR count). The molecule has 2 aliphatic rings. The smallest absolute Gasteiger partial charge is 0.197 e. The van der Waals surface area contributed by atoms with Crippen LogP contribution in [0.5, 0.6) is 11.5 Å². The lowest BCUT2D eigenvalue weighted by Crippen LogP contribution is -2.25. The average Bonchev–Trinajstić information content (AvgIpc) is 2.72. The van der Waals surface area contributed by atoms with Gasteiger partial charge in [-0.25, -0.2) is 4.39 Å². The van der Waals surface area contributed by atoms with Crippen molar-refractivity contribution in [2.24, 2.45) is 17.8 Å². The summed E-state index contributed by atoms with van der Waals surface area (Å²) in [5.41, 5.74) is 0.831. The standard InChI is InChI=1S/C25H39FO2/c1-4-7-18-8-10-19(11-9-18)20-12-14-21(15-13-20)22-16-17-23(27-5-2)25(24(22)26)28-6-3/h16-21H,4-15H2,1-3H3. The van der Waals surface area contributed by atoms with E-state index < -0.39 is 0 Å². The zero-order valence-corrected chi connectivity index (χ0v) is 18.1. The Morgan fingerprint density at radius 2 is 1.43 bits per heavy atom. The molecule has 0 bridgehead atoms. The number of hydrogen-bond acceptors (Lipinski definition) is 2. The highest BCUT2D eigenvalue weighted by Gasteiger charge is 2.32. The first-order chi connectivity index (χ1) is 13.7. The van der Waals surface area contributed by atoms with Gasteiger partial charge >= 0.3 is 0 Å². The Bertz CT molecular complexity index is 599. The van der Waals surface area contributed by atoms with Crippen LogP contribution in [-0.4, -0.2) is 13.2 Å². The van der Waals surface area contributed by atoms with Crippen LogP contribution in [-0.2, 0) is 0 Å². The highest BCUT2D eigenvalue weighted by Crippen LogP contribution is 2.46. The van der Waals surface area contributed by atoms with Crippen molar-refractivity contribution in [3.8, 4) is 11.5 Å². The molecule has 2 aliphatic carbocycles. The molecule has 0 aliphatic heterocycles. The maximum atomic E-state index is 15.2. The molecular formula is C25H39FO2. The van der Waals surface area contributed by atoms with Crippen LogP contribution in [0.15, 0.2) is 12.1 Å². The number of halogens is 1. The van der Waals surface area contributed by atoms with E-state index in [1.165, 1.54) is 51.4 Å². The summed E-state index contributed by atoms with van der Waals surface area (Å²) in [6, 6.07) is 3.83. The Hall–Kier alpha value is -1.25. The van der Waals surface area contributed by atoms with Crippen molar-refractivity contribution in [1.29, 1.82) is 0 Å². The van der Waals surface area contributed by atoms with Crippen molar-refractivity contribution < 1.29 is 13.9 Å². The number of hydrogen-bond donors (Lipinski definition) is 0. The summed E-state index contributed by atoms with van der Waals surface area (Å²) >= 11 is 0. The third kappa shape index (κ3) is 5.02. The molecule has 0 heterocycles. The average molecular weight is 391 g/mol. The Morgan fingerprint density at radius 3 is 2.00 bits per heavy atom. The van der Waals surface area contributed by atoms with Gasteiger partial charge in [-0.3, -0.25) is 0 Å². The molecule has 1 aromatic carbocycles. The molecule has 1 aromatic rings. The van der Waals surface area contributed by atoms with Crippen LogP contribution in [0.25, 0.3) is 0 Å². The molecule has 0 N–H and O–H groups in total. The van der Waals surface area contributed by atoms with E-state index in [1.54, 1.807) is 0 Å². The first kappa shape index (κ1) is 21.5. The van der Waals surface area contributed by atoms with E-state index in [9.17, 15) is 0 Å². The van der Waals surface area contributed by atoms with Crippen LogP contribution in [0, 0.1) is 23.6 Å². The lowest BCUT2D eigenvalue weighted by Gasteiger charge is -2.38. The topological polar surface area (TPSA) is 18.5 Å². The van der Waals surface area contributed by atoms with E-state index >= 15 is 4.39 Å². The highest BCUT2D eigenvalue weighted by molar-refractivity contribution is 5.45. The minimum Gasteiger partial charge on any atom is -0.490 e. The van der Waals surface area contributed by atoms with E-state index in [1.807, 2.05) is 26.0 Å². The van der Waals surface area contributed by atoms with Crippen LogP contribution < -0.4 is 9.47 Å². The monoisotopic (exact) mass is 390 g/mol. The molecule has 2 nitrogen and oxygen atoms in total. The normalized spacial score (nSPS) is 28.1. The highest BCUT2D eigenvalue weighted by atomic mass is 19.1. The van der Waals surface area contributed by atoms with Crippen LogP contribution in [0.4, 0.5) is 4.39 Å². The first-order valence-electron chi connectivity index (χ1n) is 11.8. The summed E-state index contributed by atoms with van der Waals surface area (Å²) in [5, 5.41) is 0. The van der Waals surface area contributed by atoms with Crippen LogP contribution in [0.1, 0.15) is 96.5 Å². The number of rotatable bonds is 8. The van der Waals surface area contributed by atoms with Gasteiger partial charge in [0.15, 0.2) is 17.3 Å². The van der Waals surface area contributed by atoms with Gasteiger partial charge < -0.3 is 9.47 Å². The summed E-state index contributed by atoms with van der Waals surface area (Å²) in [4.78, 5) is 0. The molecule has 0 aromatic heterocycles. The van der Waals surface area contributed by atoms with Gasteiger partial charge in [-0.1, -0.05) is 38.7 Å². The quantitative estimate of drug-likeness (QED) is 0.457. The molecule has 0 atom stereocenters. The Balaban J connectivity index is 1.60. The Kier molecular flexibility index (Phi) is 8.05. The zero-order chi connectivity index (χ0) is 19.9. The van der Waals surface area contributed by atoms with Crippen molar-refractivity contribution in [3.63, 3.8) is 0 Å². The van der Waals surface area contributed by atoms with Crippen LogP contribution >= 0.6 is 0 Å². The van der Waals surface area contributed by atoms with E-state index in [4.69, 9.17) is 9.47 Å². The van der Waals surface area contributed by atoms with Gasteiger partial charge in [-0.2, -0.15) is 0 Å². The predicted molar refractivity (Wildman–Crippen MR) is 114 cm³/mol. The van der Waals surface area contributed by atoms with Crippen molar-refractivity contribution in [2.75, 3.05) is 13.2 Å². The largest absolute Gasteiger partial charge is 0.490 e. The molecule has 28 heavy (non-hydrogen) atoms. The van der Waals surface area contributed by atoms with Crippen molar-refractivity contribution >= 4 is 0 Å². The summed E-state index contributed by atoms with van der Waals surface area (Å²) in [6.45, 7) is 7.09. The predicted octanol–water partition coefficient (Wildman–Crippen LogP) is 7.50. The number of benzene rings is 1. The second-order valence-corrected chi connectivity index (χ2v) is 8.84. The number of ether oxygens (including phenoxy) is 2. The second kappa shape index (κ2) is 10.5. The third-order valence-corrected chi connectivity index (χ3v) is 7.15. The minimum atomic E-state index is -0.198. The van der Waals surface area contributed by atoms with E-state index in [0.717, 1.165) is 36.2 Å². The first-order valence-corrected chi connectivity index (χ1v) is 11.8. The molecule has 158 valence electrons. The second-order valence-electron chi connectivity index (χ2n) is 8.84. The molecule has 0 amide bonds. The van der Waals surface area contributed by atoms with Gasteiger partial charge in [0.2, 0.25) is 0 Å². The molecule has 3 heteroatoms. The lowest BCUT2D eigenvalue weighted by atomic mass is 9.68. The summed E-state index contributed by atoms with van der Waals surface area (Å²) in [5.74, 6) is 3.71. The maximum absolute atomic E-state index is 15.2. The van der Waals surface area contributed by atoms with Gasteiger partial charge in [-0.05, 0) is 87.7 Å². The molecule has 0 spiro atoms. The van der Waals surface area contributed by atoms with Gasteiger partial charge in [-0.15, -0.1) is 0 Å². The SMILES string of the molecule is CCCC1CCC(C2CCC(c3ccc(OCC)c(OCC)c3F)CC2)CC1. The molecular weight excluding hydrogens is 351 g/mol. The summed E-state index contributed by atoms with van der Waals surface area (Å²) in [6.07, 6.45) is 13.2.